The number of carbonyl (C=O) groups is 1. The number of halogens is 3. The molecule has 1 heterocycles. The van der Waals surface area contributed by atoms with Gasteiger partial charge in [-0.1, -0.05) is 42.1 Å². The molecule has 3 nitrogen and oxygen atoms in total. The Morgan fingerprint density at radius 2 is 1.87 bits per heavy atom. The second-order valence-corrected chi connectivity index (χ2v) is 6.96. The molecular formula is C17H22Cl3NO2. The van der Waals surface area contributed by atoms with Crippen LogP contribution in [0.2, 0.25) is 10.0 Å². The van der Waals surface area contributed by atoms with Crippen LogP contribution in [0.3, 0.4) is 0 Å². The van der Waals surface area contributed by atoms with E-state index < -0.39 is 0 Å². The first-order valence-electron chi connectivity index (χ1n) is 7.96. The van der Waals surface area contributed by atoms with Gasteiger partial charge in [-0.05, 0) is 25.0 Å². The Balaban J connectivity index is 0.00000192. The van der Waals surface area contributed by atoms with E-state index >= 15 is 0 Å². The van der Waals surface area contributed by atoms with E-state index in [0.29, 0.717) is 35.7 Å². The molecule has 1 aromatic carbocycles. The molecule has 1 unspecified atom stereocenters. The predicted octanol–water partition coefficient (Wildman–Crippen LogP) is 4.69. The summed E-state index contributed by atoms with van der Waals surface area (Å²) < 4.78 is 6.11. The largest absolute Gasteiger partial charge is 0.376 e. The summed E-state index contributed by atoms with van der Waals surface area (Å²) >= 11 is 12.8. The fourth-order valence-corrected chi connectivity index (χ4v) is 4.05. The van der Waals surface area contributed by atoms with E-state index in [1.54, 1.807) is 0 Å². The SMILES string of the molecule is Cl.O=C1CCN(C(COC2CCCC2)c2c(Cl)cccc2Cl)C1. The van der Waals surface area contributed by atoms with Crippen molar-refractivity contribution in [3.8, 4) is 0 Å². The third-order valence-electron chi connectivity index (χ3n) is 4.62. The summed E-state index contributed by atoms with van der Waals surface area (Å²) in [5, 5.41) is 1.29. The number of ketones is 1. The topological polar surface area (TPSA) is 29.5 Å². The van der Waals surface area contributed by atoms with Crippen molar-refractivity contribution < 1.29 is 9.53 Å². The average Bonchev–Trinajstić information content (AvgIpc) is 3.13. The Morgan fingerprint density at radius 3 is 2.43 bits per heavy atom. The fourth-order valence-electron chi connectivity index (χ4n) is 3.40. The van der Waals surface area contributed by atoms with Crippen LogP contribution in [0.15, 0.2) is 18.2 Å². The number of Topliss-reactive ketones (excluding diaryl/α,β-unsaturated/α-hetero) is 1. The number of hydrogen-bond donors (Lipinski definition) is 0. The van der Waals surface area contributed by atoms with Gasteiger partial charge in [0.1, 0.15) is 5.78 Å². The monoisotopic (exact) mass is 377 g/mol. The maximum Gasteiger partial charge on any atom is 0.148 e. The lowest BCUT2D eigenvalue weighted by Gasteiger charge is -2.29. The van der Waals surface area contributed by atoms with Gasteiger partial charge in [-0.2, -0.15) is 0 Å². The minimum absolute atomic E-state index is 0. The molecule has 3 rings (SSSR count). The van der Waals surface area contributed by atoms with Gasteiger partial charge in [0.2, 0.25) is 0 Å². The summed E-state index contributed by atoms with van der Waals surface area (Å²) in [5.74, 6) is 0.272. The molecule has 0 N–H and O–H groups in total. The van der Waals surface area contributed by atoms with Gasteiger partial charge in [0.15, 0.2) is 0 Å². The van der Waals surface area contributed by atoms with E-state index in [-0.39, 0.29) is 24.2 Å². The van der Waals surface area contributed by atoms with E-state index in [1.165, 1.54) is 12.8 Å². The molecule has 0 aromatic heterocycles. The molecule has 0 amide bonds. The second kappa shape index (κ2) is 8.68. The maximum absolute atomic E-state index is 11.7. The summed E-state index contributed by atoms with van der Waals surface area (Å²) in [7, 11) is 0. The molecule has 1 saturated carbocycles. The number of rotatable bonds is 5. The highest BCUT2D eigenvalue weighted by Gasteiger charge is 2.31. The van der Waals surface area contributed by atoms with Gasteiger partial charge in [0.25, 0.3) is 0 Å². The highest BCUT2D eigenvalue weighted by atomic mass is 35.5. The summed E-state index contributed by atoms with van der Waals surface area (Å²) in [6.07, 6.45) is 5.67. The molecule has 2 fully saturated rings. The smallest absolute Gasteiger partial charge is 0.148 e. The first-order valence-corrected chi connectivity index (χ1v) is 8.72. The van der Waals surface area contributed by atoms with Crippen molar-refractivity contribution in [2.45, 2.75) is 44.2 Å². The minimum atomic E-state index is -0.0479. The van der Waals surface area contributed by atoms with Gasteiger partial charge in [-0.15, -0.1) is 12.4 Å². The Bertz CT molecular complexity index is 526. The number of nitrogens with zero attached hydrogens (tertiary/aromatic N) is 1. The molecule has 0 radical (unpaired) electrons. The standard InChI is InChI=1S/C17H21Cl2NO2.ClH/c18-14-6-3-7-15(19)17(14)16(20-9-8-12(21)10-20)11-22-13-4-1-2-5-13;/h3,6-7,13,16H,1-2,4-5,8-11H2;1H. The van der Waals surface area contributed by atoms with Crippen molar-refractivity contribution in [2.75, 3.05) is 19.7 Å². The fraction of sp³-hybridized carbons (Fsp3) is 0.588. The number of ether oxygens (including phenoxy) is 1. The van der Waals surface area contributed by atoms with Crippen molar-refractivity contribution in [3.63, 3.8) is 0 Å². The highest BCUT2D eigenvalue weighted by Crippen LogP contribution is 2.36. The average molecular weight is 379 g/mol. The molecule has 0 spiro atoms. The molecule has 23 heavy (non-hydrogen) atoms. The number of hydrogen-bond acceptors (Lipinski definition) is 3. The van der Waals surface area contributed by atoms with Crippen molar-refractivity contribution in [3.05, 3.63) is 33.8 Å². The zero-order valence-electron chi connectivity index (χ0n) is 13.0. The van der Waals surface area contributed by atoms with Gasteiger partial charge in [0.05, 0.1) is 25.3 Å². The van der Waals surface area contributed by atoms with Crippen LogP contribution in [-0.2, 0) is 9.53 Å². The Kier molecular flexibility index (Phi) is 7.18. The Hall–Kier alpha value is -0.320. The predicted molar refractivity (Wildman–Crippen MR) is 95.9 cm³/mol. The van der Waals surface area contributed by atoms with Crippen LogP contribution in [0.1, 0.15) is 43.7 Å². The van der Waals surface area contributed by atoms with Crippen molar-refractivity contribution in [2.24, 2.45) is 0 Å². The van der Waals surface area contributed by atoms with E-state index in [0.717, 1.165) is 24.9 Å². The van der Waals surface area contributed by atoms with Crippen LogP contribution in [0.4, 0.5) is 0 Å². The third-order valence-corrected chi connectivity index (χ3v) is 5.28. The Morgan fingerprint density at radius 1 is 1.22 bits per heavy atom. The molecule has 1 aromatic rings. The summed E-state index contributed by atoms with van der Waals surface area (Å²) in [4.78, 5) is 13.8. The molecule has 128 valence electrons. The molecule has 6 heteroatoms. The van der Waals surface area contributed by atoms with E-state index in [9.17, 15) is 4.79 Å². The van der Waals surface area contributed by atoms with Gasteiger partial charge in [-0.25, -0.2) is 0 Å². The van der Waals surface area contributed by atoms with Gasteiger partial charge in [0, 0.05) is 28.6 Å². The van der Waals surface area contributed by atoms with Crippen LogP contribution in [0, 0.1) is 0 Å². The van der Waals surface area contributed by atoms with E-state index in [1.807, 2.05) is 18.2 Å². The number of carbonyl (C=O) groups excluding carboxylic acids is 1. The van der Waals surface area contributed by atoms with Crippen molar-refractivity contribution in [1.29, 1.82) is 0 Å². The van der Waals surface area contributed by atoms with Gasteiger partial charge < -0.3 is 4.74 Å². The quantitative estimate of drug-likeness (QED) is 0.744. The molecular weight excluding hydrogens is 357 g/mol. The van der Waals surface area contributed by atoms with Crippen LogP contribution < -0.4 is 0 Å². The minimum Gasteiger partial charge on any atom is -0.376 e. The number of benzene rings is 1. The van der Waals surface area contributed by atoms with Crippen LogP contribution in [-0.4, -0.2) is 36.5 Å². The van der Waals surface area contributed by atoms with Crippen LogP contribution >= 0.6 is 35.6 Å². The lowest BCUT2D eigenvalue weighted by molar-refractivity contribution is -0.117. The summed E-state index contributed by atoms with van der Waals surface area (Å²) in [6, 6.07) is 5.50. The van der Waals surface area contributed by atoms with Gasteiger partial charge >= 0.3 is 0 Å². The lowest BCUT2D eigenvalue weighted by Crippen LogP contribution is -2.31. The molecule has 1 saturated heterocycles. The maximum atomic E-state index is 11.7. The molecule has 1 atom stereocenters. The van der Waals surface area contributed by atoms with Crippen molar-refractivity contribution in [1.82, 2.24) is 4.90 Å². The third kappa shape index (κ3) is 4.61. The van der Waals surface area contributed by atoms with Crippen molar-refractivity contribution >= 4 is 41.4 Å². The second-order valence-electron chi connectivity index (χ2n) is 6.15. The number of likely N-dealkylation sites (tertiary alicyclic amines) is 1. The zero-order valence-corrected chi connectivity index (χ0v) is 15.3. The molecule has 0 bridgehead atoms. The van der Waals surface area contributed by atoms with E-state index in [2.05, 4.69) is 4.90 Å². The van der Waals surface area contributed by atoms with Crippen LogP contribution in [0.25, 0.3) is 0 Å². The normalized spacial score (nSPS) is 20.7. The first kappa shape index (κ1) is 19.0. The summed E-state index contributed by atoms with van der Waals surface area (Å²) in [5.41, 5.74) is 0.888. The molecule has 1 aliphatic carbocycles. The van der Waals surface area contributed by atoms with Gasteiger partial charge in [-0.3, -0.25) is 9.69 Å². The highest BCUT2D eigenvalue weighted by molar-refractivity contribution is 6.36. The molecule has 2 aliphatic rings. The first-order chi connectivity index (χ1) is 10.6. The summed E-state index contributed by atoms with van der Waals surface area (Å²) in [6.45, 7) is 1.75. The molecule has 1 aliphatic heterocycles. The zero-order chi connectivity index (χ0) is 15.5. The van der Waals surface area contributed by atoms with Crippen LogP contribution in [0.5, 0.6) is 0 Å². The van der Waals surface area contributed by atoms with E-state index in [4.69, 9.17) is 27.9 Å². The Labute approximate surface area is 153 Å². The lowest BCUT2D eigenvalue weighted by atomic mass is 10.1.